The van der Waals surface area contributed by atoms with Crippen LogP contribution in [0.1, 0.15) is 12.5 Å². The molecule has 2 aromatic rings. The number of nitrogens with zero attached hydrogens (tertiary/aromatic N) is 3. The lowest BCUT2D eigenvalue weighted by Gasteiger charge is -2.16. The van der Waals surface area contributed by atoms with Gasteiger partial charge >= 0.3 is 0 Å². The normalized spacial score (nSPS) is 10.9. The SMILES string of the molecule is CC(=O)Nc1cccc2c(=O)c(C#N)c3oc4cc(N(C)C)ccc4nc-3c12. The van der Waals surface area contributed by atoms with Gasteiger partial charge < -0.3 is 14.6 Å². The van der Waals surface area contributed by atoms with Gasteiger partial charge in [-0.1, -0.05) is 12.1 Å². The van der Waals surface area contributed by atoms with Gasteiger partial charge in [-0.15, -0.1) is 0 Å². The zero-order chi connectivity index (χ0) is 20.0. The molecule has 0 unspecified atom stereocenters. The smallest absolute Gasteiger partial charge is 0.221 e. The standard InChI is InChI=1S/C21H16N4O3/c1-11(26)23-16-6-4-5-13-18(16)19-21(14(10-22)20(13)27)28-17-9-12(25(2)3)7-8-15(17)24-19/h4-9H,1-3H3,(H,23,26). The summed E-state index contributed by atoms with van der Waals surface area (Å²) in [6.45, 7) is 1.39. The van der Waals surface area contributed by atoms with Crippen LogP contribution in [-0.2, 0) is 4.79 Å². The molecule has 0 radical (unpaired) electrons. The van der Waals surface area contributed by atoms with E-state index in [0.29, 0.717) is 33.3 Å². The molecule has 7 nitrogen and oxygen atoms in total. The second-order valence-corrected chi connectivity index (χ2v) is 6.66. The Bertz CT molecular complexity index is 1330. The van der Waals surface area contributed by atoms with Crippen LogP contribution in [0.25, 0.3) is 33.3 Å². The molecule has 0 bridgehead atoms. The first-order valence-corrected chi connectivity index (χ1v) is 8.59. The minimum absolute atomic E-state index is 0.105. The van der Waals surface area contributed by atoms with Gasteiger partial charge in [-0.3, -0.25) is 9.59 Å². The van der Waals surface area contributed by atoms with Crippen molar-refractivity contribution in [2.75, 3.05) is 24.3 Å². The molecule has 2 aromatic carbocycles. The molecule has 2 aliphatic rings. The molecule has 7 heteroatoms. The fourth-order valence-electron chi connectivity index (χ4n) is 3.25. The van der Waals surface area contributed by atoms with Gasteiger partial charge in [0.2, 0.25) is 11.3 Å². The Hall–Kier alpha value is -3.92. The van der Waals surface area contributed by atoms with E-state index in [2.05, 4.69) is 10.3 Å². The van der Waals surface area contributed by atoms with Crippen molar-refractivity contribution in [3.63, 3.8) is 0 Å². The number of nitriles is 1. The predicted molar refractivity (Wildman–Crippen MR) is 108 cm³/mol. The lowest BCUT2D eigenvalue weighted by molar-refractivity contribution is -0.114. The highest BCUT2D eigenvalue weighted by Crippen LogP contribution is 2.37. The van der Waals surface area contributed by atoms with Crippen LogP contribution in [0.2, 0.25) is 0 Å². The van der Waals surface area contributed by atoms with E-state index in [9.17, 15) is 14.9 Å². The van der Waals surface area contributed by atoms with Crippen molar-refractivity contribution in [3.05, 3.63) is 52.2 Å². The Morgan fingerprint density at radius 2 is 2.04 bits per heavy atom. The first kappa shape index (κ1) is 17.5. The van der Waals surface area contributed by atoms with Crippen molar-refractivity contribution in [2.24, 2.45) is 0 Å². The Morgan fingerprint density at radius 1 is 1.25 bits per heavy atom. The quantitative estimate of drug-likeness (QED) is 0.428. The van der Waals surface area contributed by atoms with Crippen LogP contribution < -0.4 is 15.6 Å². The van der Waals surface area contributed by atoms with Gasteiger partial charge in [-0.25, -0.2) is 4.98 Å². The van der Waals surface area contributed by atoms with E-state index in [1.165, 1.54) is 6.92 Å². The molecule has 1 heterocycles. The van der Waals surface area contributed by atoms with Crippen LogP contribution in [0.5, 0.6) is 0 Å². The van der Waals surface area contributed by atoms with Crippen LogP contribution in [0, 0.1) is 11.3 Å². The Labute approximate surface area is 160 Å². The van der Waals surface area contributed by atoms with E-state index in [4.69, 9.17) is 4.42 Å². The minimum atomic E-state index is -0.453. The van der Waals surface area contributed by atoms with Crippen molar-refractivity contribution in [2.45, 2.75) is 6.92 Å². The number of carbonyl (C=O) groups is 1. The van der Waals surface area contributed by atoms with E-state index >= 15 is 0 Å². The zero-order valence-electron chi connectivity index (χ0n) is 15.5. The molecule has 0 saturated carbocycles. The summed E-state index contributed by atoms with van der Waals surface area (Å²) in [5.41, 5.74) is 2.20. The molecular formula is C21H16N4O3. The van der Waals surface area contributed by atoms with Crippen LogP contribution in [0.3, 0.4) is 0 Å². The van der Waals surface area contributed by atoms with Gasteiger partial charge in [0, 0.05) is 43.5 Å². The number of benzene rings is 3. The fourth-order valence-corrected chi connectivity index (χ4v) is 3.25. The van der Waals surface area contributed by atoms with Crippen molar-refractivity contribution < 1.29 is 9.21 Å². The number of aromatic nitrogens is 1. The van der Waals surface area contributed by atoms with Crippen LogP contribution in [-0.4, -0.2) is 25.0 Å². The van der Waals surface area contributed by atoms with Crippen molar-refractivity contribution >= 4 is 39.2 Å². The molecule has 0 spiro atoms. The summed E-state index contributed by atoms with van der Waals surface area (Å²) in [7, 11) is 3.80. The Balaban J connectivity index is 2.20. The van der Waals surface area contributed by atoms with Crippen molar-refractivity contribution in [1.82, 2.24) is 4.98 Å². The van der Waals surface area contributed by atoms with Gasteiger partial charge in [0.25, 0.3) is 0 Å². The summed E-state index contributed by atoms with van der Waals surface area (Å²) in [6.07, 6.45) is 0. The summed E-state index contributed by atoms with van der Waals surface area (Å²) >= 11 is 0. The van der Waals surface area contributed by atoms with Gasteiger partial charge in [0.05, 0.1) is 5.69 Å². The van der Waals surface area contributed by atoms with E-state index < -0.39 is 5.43 Å². The second-order valence-electron chi connectivity index (χ2n) is 6.66. The number of nitrogens with one attached hydrogen (secondary N) is 1. The maximum atomic E-state index is 12.9. The first-order chi connectivity index (χ1) is 13.4. The lowest BCUT2D eigenvalue weighted by Crippen LogP contribution is -2.14. The Morgan fingerprint density at radius 3 is 2.71 bits per heavy atom. The molecule has 1 amide bonds. The van der Waals surface area contributed by atoms with Crippen LogP contribution in [0.4, 0.5) is 11.4 Å². The number of rotatable bonds is 2. The molecule has 1 aliphatic carbocycles. The van der Waals surface area contributed by atoms with Gasteiger partial charge in [-0.05, 0) is 18.2 Å². The predicted octanol–water partition coefficient (Wildman–Crippen LogP) is 3.34. The molecular weight excluding hydrogens is 356 g/mol. The topological polar surface area (TPSA) is 99.2 Å². The third-order valence-electron chi connectivity index (χ3n) is 4.54. The van der Waals surface area contributed by atoms with E-state index in [1.54, 1.807) is 24.3 Å². The zero-order valence-corrected chi connectivity index (χ0v) is 15.5. The molecule has 138 valence electrons. The summed E-state index contributed by atoms with van der Waals surface area (Å²) in [4.78, 5) is 31.1. The maximum Gasteiger partial charge on any atom is 0.221 e. The van der Waals surface area contributed by atoms with Crippen molar-refractivity contribution in [1.29, 1.82) is 5.26 Å². The third kappa shape index (κ3) is 2.63. The first-order valence-electron chi connectivity index (χ1n) is 8.59. The molecule has 0 atom stereocenters. The van der Waals surface area contributed by atoms with E-state index in [0.717, 1.165) is 5.69 Å². The molecule has 0 fully saturated rings. The molecule has 1 N–H and O–H groups in total. The molecule has 4 rings (SSSR count). The number of carbonyl (C=O) groups excluding carboxylic acids is 1. The number of fused-ring (bicyclic) bond motifs is 4. The van der Waals surface area contributed by atoms with E-state index in [1.807, 2.05) is 37.2 Å². The highest BCUT2D eigenvalue weighted by Gasteiger charge is 2.24. The number of amides is 1. The molecule has 0 saturated heterocycles. The summed E-state index contributed by atoms with van der Waals surface area (Å²) in [5, 5.41) is 13.1. The van der Waals surface area contributed by atoms with Gasteiger partial charge in [0.15, 0.2) is 11.3 Å². The summed E-state index contributed by atoms with van der Waals surface area (Å²) < 4.78 is 5.98. The number of anilines is 2. The highest BCUT2D eigenvalue weighted by atomic mass is 16.3. The highest BCUT2D eigenvalue weighted by molar-refractivity contribution is 6.09. The van der Waals surface area contributed by atoms with E-state index in [-0.39, 0.29) is 17.2 Å². The number of hydrogen-bond donors (Lipinski definition) is 1. The van der Waals surface area contributed by atoms with Gasteiger partial charge in [-0.2, -0.15) is 5.26 Å². The molecule has 0 aromatic heterocycles. The molecule has 1 aliphatic heterocycles. The number of hydrogen-bond acceptors (Lipinski definition) is 6. The Kier molecular flexibility index (Phi) is 3.97. The average molecular weight is 372 g/mol. The van der Waals surface area contributed by atoms with Crippen LogP contribution >= 0.6 is 0 Å². The summed E-state index contributed by atoms with van der Waals surface area (Å²) in [6, 6.07) is 12.4. The third-order valence-corrected chi connectivity index (χ3v) is 4.54. The minimum Gasteiger partial charge on any atom is -0.451 e. The van der Waals surface area contributed by atoms with Crippen LogP contribution in [0.15, 0.2) is 45.6 Å². The molecule has 28 heavy (non-hydrogen) atoms. The fraction of sp³-hybridized carbons (Fsp3) is 0.143. The lowest BCUT2D eigenvalue weighted by atomic mass is 9.98. The van der Waals surface area contributed by atoms with Crippen molar-refractivity contribution in [3.8, 4) is 17.5 Å². The maximum absolute atomic E-state index is 12.9. The van der Waals surface area contributed by atoms with Gasteiger partial charge in [0.1, 0.15) is 22.8 Å². The largest absolute Gasteiger partial charge is 0.451 e. The summed E-state index contributed by atoms with van der Waals surface area (Å²) in [5.74, 6) is -0.160. The average Bonchev–Trinajstić information content (AvgIpc) is 2.66. The second kappa shape index (κ2) is 6.35. The monoisotopic (exact) mass is 372 g/mol.